The van der Waals surface area contributed by atoms with Crippen LogP contribution in [0.25, 0.3) is 0 Å². The first-order chi connectivity index (χ1) is 9.13. The standard InChI is InChI=1S/C11H21N5O3/c1-15(7-8-19-2)5-3-12-4-6-16-9-10(11(17)18)13-14-16/h9,12H,3-8H2,1-2H3,(H,17,18). The van der Waals surface area contributed by atoms with Crippen molar-refractivity contribution in [3.63, 3.8) is 0 Å². The fourth-order valence-electron chi connectivity index (χ4n) is 1.45. The van der Waals surface area contributed by atoms with Crippen molar-refractivity contribution in [3.8, 4) is 0 Å². The predicted octanol–water partition coefficient (Wildman–Crippen LogP) is -0.856. The molecule has 0 aliphatic carbocycles. The number of aromatic nitrogens is 3. The molecule has 1 heterocycles. The molecule has 19 heavy (non-hydrogen) atoms. The van der Waals surface area contributed by atoms with Gasteiger partial charge in [-0.2, -0.15) is 0 Å². The summed E-state index contributed by atoms with van der Waals surface area (Å²) in [5.41, 5.74) is -0.0284. The summed E-state index contributed by atoms with van der Waals surface area (Å²) >= 11 is 0. The Kier molecular flexibility index (Phi) is 7.01. The van der Waals surface area contributed by atoms with Crippen LogP contribution in [0, 0.1) is 0 Å². The summed E-state index contributed by atoms with van der Waals surface area (Å²) in [6.07, 6.45) is 1.43. The van der Waals surface area contributed by atoms with Crippen LogP contribution >= 0.6 is 0 Å². The van der Waals surface area contributed by atoms with Crippen molar-refractivity contribution in [3.05, 3.63) is 11.9 Å². The highest BCUT2D eigenvalue weighted by molar-refractivity contribution is 5.84. The monoisotopic (exact) mass is 271 g/mol. The van der Waals surface area contributed by atoms with Crippen molar-refractivity contribution in [1.82, 2.24) is 25.2 Å². The third-order valence-electron chi connectivity index (χ3n) is 2.62. The minimum atomic E-state index is -1.06. The second-order valence-corrected chi connectivity index (χ2v) is 4.22. The Bertz CT molecular complexity index is 382. The maximum absolute atomic E-state index is 10.6. The van der Waals surface area contributed by atoms with Crippen LogP contribution < -0.4 is 5.32 Å². The number of carbonyl (C=O) groups is 1. The normalized spacial score (nSPS) is 11.1. The zero-order chi connectivity index (χ0) is 14.1. The highest BCUT2D eigenvalue weighted by atomic mass is 16.5. The first-order valence-corrected chi connectivity index (χ1v) is 6.15. The molecule has 2 N–H and O–H groups in total. The molecule has 0 saturated heterocycles. The van der Waals surface area contributed by atoms with Gasteiger partial charge in [-0.15, -0.1) is 5.10 Å². The smallest absolute Gasteiger partial charge is 0.358 e. The maximum Gasteiger partial charge on any atom is 0.358 e. The molecule has 1 rings (SSSR count). The van der Waals surface area contributed by atoms with Gasteiger partial charge in [0.05, 0.1) is 19.3 Å². The molecule has 1 aromatic heterocycles. The van der Waals surface area contributed by atoms with E-state index in [2.05, 4.69) is 20.5 Å². The van der Waals surface area contributed by atoms with Crippen molar-refractivity contribution in [2.24, 2.45) is 0 Å². The van der Waals surface area contributed by atoms with Crippen LogP contribution in [0.4, 0.5) is 0 Å². The SMILES string of the molecule is COCCN(C)CCNCCn1cc(C(=O)O)nn1. The Morgan fingerprint density at radius 3 is 2.95 bits per heavy atom. The highest BCUT2D eigenvalue weighted by Gasteiger charge is 2.07. The minimum absolute atomic E-state index is 0.0284. The van der Waals surface area contributed by atoms with Crippen molar-refractivity contribution < 1.29 is 14.6 Å². The van der Waals surface area contributed by atoms with Crippen LogP contribution in [0.5, 0.6) is 0 Å². The van der Waals surface area contributed by atoms with E-state index in [1.807, 2.05) is 7.05 Å². The van der Waals surface area contributed by atoms with Gasteiger partial charge in [0.1, 0.15) is 0 Å². The van der Waals surface area contributed by atoms with Gasteiger partial charge in [-0.3, -0.25) is 4.68 Å². The summed E-state index contributed by atoms with van der Waals surface area (Å²) in [5.74, 6) is -1.06. The van der Waals surface area contributed by atoms with E-state index in [0.29, 0.717) is 6.54 Å². The number of carboxylic acids is 1. The predicted molar refractivity (Wildman–Crippen MR) is 69.2 cm³/mol. The quantitative estimate of drug-likeness (QED) is 0.535. The Balaban J connectivity index is 2.08. The van der Waals surface area contributed by atoms with E-state index in [-0.39, 0.29) is 5.69 Å². The molecule has 0 amide bonds. The third-order valence-corrected chi connectivity index (χ3v) is 2.62. The van der Waals surface area contributed by atoms with Gasteiger partial charge < -0.3 is 20.1 Å². The molecule has 8 heteroatoms. The van der Waals surface area contributed by atoms with Crippen molar-refractivity contribution in [2.75, 3.05) is 46.9 Å². The Morgan fingerprint density at radius 1 is 1.53 bits per heavy atom. The number of aromatic carboxylic acids is 1. The van der Waals surface area contributed by atoms with E-state index in [9.17, 15) is 4.79 Å². The lowest BCUT2D eigenvalue weighted by molar-refractivity contribution is 0.0690. The first-order valence-electron chi connectivity index (χ1n) is 6.15. The highest BCUT2D eigenvalue weighted by Crippen LogP contribution is 1.91. The maximum atomic E-state index is 10.6. The summed E-state index contributed by atoms with van der Waals surface area (Å²) in [6.45, 7) is 4.75. The molecule has 0 bridgehead atoms. The van der Waals surface area contributed by atoms with Crippen molar-refractivity contribution in [2.45, 2.75) is 6.54 Å². The molecule has 0 aliphatic heterocycles. The number of carboxylic acid groups (broad SMARTS) is 1. The van der Waals surface area contributed by atoms with E-state index in [4.69, 9.17) is 9.84 Å². The molecule has 0 radical (unpaired) electrons. The van der Waals surface area contributed by atoms with Crippen molar-refractivity contribution >= 4 is 5.97 Å². The van der Waals surface area contributed by atoms with E-state index >= 15 is 0 Å². The molecule has 8 nitrogen and oxygen atoms in total. The van der Waals surface area contributed by atoms with Crippen LogP contribution in [-0.2, 0) is 11.3 Å². The van der Waals surface area contributed by atoms with Crippen LogP contribution in [0.15, 0.2) is 6.20 Å². The topological polar surface area (TPSA) is 92.5 Å². The van der Waals surface area contributed by atoms with E-state index in [0.717, 1.165) is 32.8 Å². The van der Waals surface area contributed by atoms with Crippen LogP contribution in [-0.4, -0.2) is 77.9 Å². The van der Waals surface area contributed by atoms with E-state index < -0.39 is 5.97 Å². The number of nitrogens with one attached hydrogen (secondary N) is 1. The van der Waals surface area contributed by atoms with E-state index in [1.54, 1.807) is 7.11 Å². The summed E-state index contributed by atoms with van der Waals surface area (Å²) < 4.78 is 6.51. The van der Waals surface area contributed by atoms with Gasteiger partial charge in [-0.25, -0.2) is 4.79 Å². The van der Waals surface area contributed by atoms with Crippen LogP contribution in [0.3, 0.4) is 0 Å². The molecule has 0 atom stereocenters. The molecule has 0 fully saturated rings. The molecule has 0 unspecified atom stereocenters. The zero-order valence-corrected chi connectivity index (χ0v) is 11.4. The summed E-state index contributed by atoms with van der Waals surface area (Å²) in [5, 5.41) is 19.2. The zero-order valence-electron chi connectivity index (χ0n) is 11.4. The number of ether oxygens (including phenoxy) is 1. The molecule has 0 saturated carbocycles. The van der Waals surface area contributed by atoms with Crippen LogP contribution in [0.2, 0.25) is 0 Å². The number of likely N-dealkylation sites (N-methyl/N-ethyl adjacent to an activating group) is 1. The van der Waals surface area contributed by atoms with Crippen LogP contribution in [0.1, 0.15) is 10.5 Å². The second-order valence-electron chi connectivity index (χ2n) is 4.22. The number of hydrogen-bond donors (Lipinski definition) is 2. The molecule has 0 aliphatic rings. The lowest BCUT2D eigenvalue weighted by Crippen LogP contribution is -2.32. The first kappa shape index (κ1) is 15.5. The van der Waals surface area contributed by atoms with Gasteiger partial charge in [-0.1, -0.05) is 5.21 Å². The minimum Gasteiger partial charge on any atom is -0.476 e. The number of nitrogens with zero attached hydrogens (tertiary/aromatic N) is 4. The average molecular weight is 271 g/mol. The Morgan fingerprint density at radius 2 is 2.32 bits per heavy atom. The summed E-state index contributed by atoms with van der Waals surface area (Å²) in [6, 6.07) is 0. The number of rotatable bonds is 10. The fourth-order valence-corrected chi connectivity index (χ4v) is 1.45. The van der Waals surface area contributed by atoms with Gasteiger partial charge >= 0.3 is 5.97 Å². The molecule has 1 aromatic rings. The van der Waals surface area contributed by atoms with Gasteiger partial charge in [0.2, 0.25) is 0 Å². The molecule has 0 spiro atoms. The van der Waals surface area contributed by atoms with Crippen molar-refractivity contribution in [1.29, 1.82) is 0 Å². The molecular formula is C11H21N5O3. The average Bonchev–Trinajstić information content (AvgIpc) is 2.85. The number of hydrogen-bond acceptors (Lipinski definition) is 6. The lowest BCUT2D eigenvalue weighted by Gasteiger charge is -2.16. The van der Waals surface area contributed by atoms with E-state index in [1.165, 1.54) is 10.9 Å². The Labute approximate surface area is 112 Å². The number of methoxy groups -OCH3 is 1. The molecular weight excluding hydrogens is 250 g/mol. The fraction of sp³-hybridized carbons (Fsp3) is 0.727. The van der Waals surface area contributed by atoms with Gasteiger partial charge in [-0.05, 0) is 7.05 Å². The molecule has 108 valence electrons. The summed E-state index contributed by atoms with van der Waals surface area (Å²) in [4.78, 5) is 12.8. The third kappa shape index (κ3) is 6.27. The molecule has 0 aromatic carbocycles. The van der Waals surface area contributed by atoms with Gasteiger partial charge in [0.25, 0.3) is 0 Å². The van der Waals surface area contributed by atoms with Gasteiger partial charge in [0.15, 0.2) is 5.69 Å². The summed E-state index contributed by atoms with van der Waals surface area (Å²) in [7, 11) is 3.73. The Hall–Kier alpha value is -1.51. The lowest BCUT2D eigenvalue weighted by atomic mass is 10.5. The van der Waals surface area contributed by atoms with Gasteiger partial charge in [0, 0.05) is 33.3 Å². The second kappa shape index (κ2) is 8.57. The largest absolute Gasteiger partial charge is 0.476 e.